The molecule has 1 N–H and O–H groups in total. The van der Waals surface area contributed by atoms with Crippen LogP contribution in [0.1, 0.15) is 26.7 Å². The maximum absolute atomic E-state index is 11.6. The minimum atomic E-state index is -0.676. The maximum Gasteiger partial charge on any atom is 0.149 e. The lowest BCUT2D eigenvalue weighted by Gasteiger charge is -2.30. The molecular weight excluding hydrogens is 194 g/mol. The molecule has 0 spiro atoms. The Labute approximate surface area is 89.4 Å². The van der Waals surface area contributed by atoms with Crippen LogP contribution in [0.25, 0.3) is 0 Å². The zero-order chi connectivity index (χ0) is 11.5. The molecule has 0 aromatic heterocycles. The predicted molar refractivity (Wildman–Crippen MR) is 57.0 cm³/mol. The number of aliphatic hydroxyl groups excluding tert-OH is 1. The first-order valence-corrected chi connectivity index (χ1v) is 5.12. The molecule has 0 bridgehead atoms. The molecular formula is C11H17NO3. The van der Waals surface area contributed by atoms with E-state index in [4.69, 9.17) is 5.11 Å². The van der Waals surface area contributed by atoms with Gasteiger partial charge < -0.3 is 5.11 Å². The molecule has 4 heteroatoms. The van der Waals surface area contributed by atoms with Crippen molar-refractivity contribution in [2.24, 2.45) is 16.3 Å². The van der Waals surface area contributed by atoms with Gasteiger partial charge in [0, 0.05) is 19.1 Å². The molecule has 0 amide bonds. The first-order valence-electron chi connectivity index (χ1n) is 5.12. The number of aliphatic hydroxyl groups is 1. The van der Waals surface area contributed by atoms with Crippen LogP contribution in [0, 0.1) is 11.3 Å². The zero-order valence-corrected chi connectivity index (χ0v) is 9.19. The van der Waals surface area contributed by atoms with Crippen molar-refractivity contribution in [3.63, 3.8) is 0 Å². The normalized spacial score (nSPS) is 22.6. The third kappa shape index (κ3) is 3.23. The number of hydrogen-bond donors (Lipinski definition) is 1. The van der Waals surface area contributed by atoms with Crippen LogP contribution in [0.4, 0.5) is 0 Å². The monoisotopic (exact) mass is 211 g/mol. The number of nitrogens with zero attached hydrogens (tertiary/aromatic N) is 1. The third-order valence-corrected chi connectivity index (χ3v) is 2.48. The summed E-state index contributed by atoms with van der Waals surface area (Å²) in [7, 11) is 0. The summed E-state index contributed by atoms with van der Waals surface area (Å²) in [5, 5.41) is 8.53. The fourth-order valence-corrected chi connectivity index (χ4v) is 1.81. The second kappa shape index (κ2) is 4.66. The third-order valence-electron chi connectivity index (χ3n) is 2.48. The Hall–Kier alpha value is -1.03. The van der Waals surface area contributed by atoms with Crippen LogP contribution in [-0.4, -0.2) is 36.0 Å². The highest BCUT2D eigenvalue weighted by atomic mass is 16.3. The summed E-state index contributed by atoms with van der Waals surface area (Å²) in [4.78, 5) is 27.1. The van der Waals surface area contributed by atoms with Gasteiger partial charge in [-0.15, -0.1) is 0 Å². The Kier molecular flexibility index (Phi) is 3.74. The number of rotatable bonds is 3. The van der Waals surface area contributed by atoms with E-state index in [0.717, 1.165) is 0 Å². The lowest BCUT2D eigenvalue weighted by atomic mass is 9.72. The van der Waals surface area contributed by atoms with Crippen molar-refractivity contribution in [1.29, 1.82) is 0 Å². The summed E-state index contributed by atoms with van der Waals surface area (Å²) < 4.78 is 0. The van der Waals surface area contributed by atoms with Gasteiger partial charge in [0.25, 0.3) is 0 Å². The van der Waals surface area contributed by atoms with Crippen LogP contribution in [-0.2, 0) is 9.59 Å². The molecule has 0 unspecified atom stereocenters. The fraction of sp³-hybridized carbons (Fsp3) is 0.727. The van der Waals surface area contributed by atoms with E-state index in [1.807, 2.05) is 13.8 Å². The molecule has 0 atom stereocenters. The highest BCUT2D eigenvalue weighted by Crippen LogP contribution is 2.33. The van der Waals surface area contributed by atoms with Crippen LogP contribution in [0.5, 0.6) is 0 Å². The summed E-state index contributed by atoms with van der Waals surface area (Å²) in [5.74, 6) is -0.791. The Morgan fingerprint density at radius 3 is 2.40 bits per heavy atom. The summed E-state index contributed by atoms with van der Waals surface area (Å²) in [5.41, 5.74) is -0.213. The van der Waals surface area contributed by atoms with Crippen molar-refractivity contribution in [3.05, 3.63) is 0 Å². The molecule has 15 heavy (non-hydrogen) atoms. The molecule has 1 aliphatic carbocycles. The van der Waals surface area contributed by atoms with Crippen molar-refractivity contribution in [2.75, 3.05) is 13.2 Å². The molecule has 1 aliphatic rings. The Morgan fingerprint density at radius 2 is 1.93 bits per heavy atom. The van der Waals surface area contributed by atoms with E-state index >= 15 is 0 Å². The van der Waals surface area contributed by atoms with Crippen molar-refractivity contribution >= 4 is 17.8 Å². The molecule has 1 rings (SSSR count). The average Bonchev–Trinajstić information content (AvgIpc) is 2.08. The van der Waals surface area contributed by atoms with Crippen molar-refractivity contribution < 1.29 is 14.7 Å². The number of carbonyl (C=O) groups is 2. The molecule has 0 radical (unpaired) electrons. The quantitative estimate of drug-likeness (QED) is 0.550. The standard InChI is InChI=1S/C11H17NO3/c1-11(2)5-9(14)8(10(15)6-11)7-12-3-4-13/h7-8,13H,3-6H2,1-2H3. The van der Waals surface area contributed by atoms with E-state index in [0.29, 0.717) is 12.8 Å². The summed E-state index contributed by atoms with van der Waals surface area (Å²) >= 11 is 0. The topological polar surface area (TPSA) is 66.7 Å². The van der Waals surface area contributed by atoms with Crippen LogP contribution >= 0.6 is 0 Å². The largest absolute Gasteiger partial charge is 0.394 e. The smallest absolute Gasteiger partial charge is 0.149 e. The van der Waals surface area contributed by atoms with Gasteiger partial charge in [-0.3, -0.25) is 14.6 Å². The molecule has 0 aliphatic heterocycles. The minimum Gasteiger partial charge on any atom is -0.394 e. The Morgan fingerprint density at radius 1 is 1.40 bits per heavy atom. The maximum atomic E-state index is 11.6. The van der Waals surface area contributed by atoms with Crippen LogP contribution < -0.4 is 0 Å². The van der Waals surface area contributed by atoms with Gasteiger partial charge in [0.15, 0.2) is 0 Å². The summed E-state index contributed by atoms with van der Waals surface area (Å²) in [6.45, 7) is 4.03. The molecule has 0 aromatic rings. The SMILES string of the molecule is CC1(C)CC(=O)C(C=NCCO)C(=O)C1. The van der Waals surface area contributed by atoms with Crippen LogP contribution in [0.2, 0.25) is 0 Å². The lowest BCUT2D eigenvalue weighted by Crippen LogP contribution is -2.38. The van der Waals surface area contributed by atoms with Crippen molar-refractivity contribution in [3.8, 4) is 0 Å². The van der Waals surface area contributed by atoms with Gasteiger partial charge in [-0.2, -0.15) is 0 Å². The van der Waals surface area contributed by atoms with Gasteiger partial charge in [0.05, 0.1) is 13.2 Å². The van der Waals surface area contributed by atoms with E-state index in [1.165, 1.54) is 6.21 Å². The van der Waals surface area contributed by atoms with E-state index in [-0.39, 0.29) is 30.1 Å². The first-order chi connectivity index (χ1) is 6.96. The van der Waals surface area contributed by atoms with E-state index < -0.39 is 5.92 Å². The first kappa shape index (κ1) is 12.0. The predicted octanol–water partition coefficient (Wildman–Crippen LogP) is 0.624. The zero-order valence-electron chi connectivity index (χ0n) is 9.19. The molecule has 1 saturated carbocycles. The minimum absolute atomic E-state index is 0.0575. The van der Waals surface area contributed by atoms with Gasteiger partial charge in [-0.1, -0.05) is 13.8 Å². The molecule has 0 aromatic carbocycles. The average molecular weight is 211 g/mol. The van der Waals surface area contributed by atoms with Crippen molar-refractivity contribution in [2.45, 2.75) is 26.7 Å². The summed E-state index contributed by atoms with van der Waals surface area (Å²) in [6, 6.07) is 0. The van der Waals surface area contributed by atoms with E-state index in [1.54, 1.807) is 0 Å². The van der Waals surface area contributed by atoms with E-state index in [2.05, 4.69) is 4.99 Å². The highest BCUT2D eigenvalue weighted by Gasteiger charge is 2.38. The van der Waals surface area contributed by atoms with Gasteiger partial charge in [-0.05, 0) is 5.41 Å². The molecule has 1 fully saturated rings. The number of Topliss-reactive ketones (excluding diaryl/α,β-unsaturated/α-hetero) is 2. The number of ketones is 2. The van der Waals surface area contributed by atoms with Gasteiger partial charge in [0.1, 0.15) is 17.5 Å². The van der Waals surface area contributed by atoms with Crippen LogP contribution in [0.15, 0.2) is 4.99 Å². The molecule has 4 nitrogen and oxygen atoms in total. The second-order valence-corrected chi connectivity index (χ2v) is 4.71. The van der Waals surface area contributed by atoms with Crippen molar-refractivity contribution in [1.82, 2.24) is 0 Å². The molecule has 84 valence electrons. The number of hydrogen-bond acceptors (Lipinski definition) is 4. The van der Waals surface area contributed by atoms with Gasteiger partial charge >= 0.3 is 0 Å². The Balaban J connectivity index is 2.67. The van der Waals surface area contributed by atoms with Crippen LogP contribution in [0.3, 0.4) is 0 Å². The fourth-order valence-electron chi connectivity index (χ4n) is 1.81. The van der Waals surface area contributed by atoms with E-state index in [9.17, 15) is 9.59 Å². The lowest BCUT2D eigenvalue weighted by molar-refractivity contribution is -0.136. The summed E-state index contributed by atoms with van der Waals surface area (Å²) in [6.07, 6.45) is 2.24. The molecule has 0 heterocycles. The number of aliphatic imine (C=N–C) groups is 1. The van der Waals surface area contributed by atoms with Gasteiger partial charge in [0.2, 0.25) is 0 Å². The number of carbonyl (C=O) groups excluding carboxylic acids is 2. The second-order valence-electron chi connectivity index (χ2n) is 4.71. The highest BCUT2D eigenvalue weighted by molar-refractivity contribution is 6.16. The molecule has 0 saturated heterocycles. The van der Waals surface area contributed by atoms with Gasteiger partial charge in [-0.25, -0.2) is 0 Å². The Bertz CT molecular complexity index is 274.